The Morgan fingerprint density at radius 3 is 3.13 bits per heavy atom. The lowest BCUT2D eigenvalue weighted by molar-refractivity contribution is -0.00685. The van der Waals surface area contributed by atoms with Crippen LogP contribution in [-0.2, 0) is 11.2 Å². The van der Waals surface area contributed by atoms with E-state index in [0.717, 1.165) is 25.9 Å². The number of nitriles is 1. The van der Waals surface area contributed by atoms with Gasteiger partial charge < -0.3 is 4.74 Å². The largest absolute Gasteiger partial charge is 0.377 e. The summed E-state index contributed by atoms with van der Waals surface area (Å²) in [6.07, 6.45) is 4.40. The van der Waals surface area contributed by atoms with Gasteiger partial charge in [0.15, 0.2) is 0 Å². The topological polar surface area (TPSA) is 33.0 Å². The van der Waals surface area contributed by atoms with Gasteiger partial charge in [0.2, 0.25) is 0 Å². The lowest BCUT2D eigenvalue weighted by atomic mass is 9.93. The predicted molar refractivity (Wildman–Crippen MR) is 60.7 cm³/mol. The van der Waals surface area contributed by atoms with Crippen molar-refractivity contribution in [1.82, 2.24) is 0 Å². The SMILES string of the molecule is N#CC(Cc1cccs1)C1CCCCO1. The van der Waals surface area contributed by atoms with Gasteiger partial charge in [0, 0.05) is 17.9 Å². The first-order valence-electron chi connectivity index (χ1n) is 5.44. The summed E-state index contributed by atoms with van der Waals surface area (Å²) in [7, 11) is 0. The maximum atomic E-state index is 9.15. The minimum Gasteiger partial charge on any atom is -0.377 e. The van der Waals surface area contributed by atoms with Gasteiger partial charge in [-0.3, -0.25) is 0 Å². The first kappa shape index (κ1) is 10.7. The zero-order valence-corrected chi connectivity index (χ0v) is 9.50. The van der Waals surface area contributed by atoms with E-state index in [9.17, 15) is 0 Å². The molecule has 0 radical (unpaired) electrons. The molecule has 2 nitrogen and oxygen atoms in total. The molecule has 0 bridgehead atoms. The zero-order chi connectivity index (χ0) is 10.5. The molecule has 0 saturated carbocycles. The summed E-state index contributed by atoms with van der Waals surface area (Å²) < 4.78 is 5.66. The van der Waals surface area contributed by atoms with Crippen molar-refractivity contribution in [2.75, 3.05) is 6.61 Å². The van der Waals surface area contributed by atoms with Crippen molar-refractivity contribution in [3.8, 4) is 6.07 Å². The molecule has 0 N–H and O–H groups in total. The van der Waals surface area contributed by atoms with E-state index in [2.05, 4.69) is 17.5 Å². The summed E-state index contributed by atoms with van der Waals surface area (Å²) in [5.41, 5.74) is 0. The molecule has 2 heterocycles. The third-order valence-electron chi connectivity index (χ3n) is 2.83. The smallest absolute Gasteiger partial charge is 0.0773 e. The lowest BCUT2D eigenvalue weighted by Gasteiger charge is -2.26. The second-order valence-corrected chi connectivity index (χ2v) is 4.96. The first-order valence-corrected chi connectivity index (χ1v) is 6.31. The normalized spacial score (nSPS) is 23.3. The van der Waals surface area contributed by atoms with E-state index in [1.807, 2.05) is 6.07 Å². The van der Waals surface area contributed by atoms with Gasteiger partial charge in [0.25, 0.3) is 0 Å². The average molecular weight is 221 g/mol. The minimum absolute atomic E-state index is 0.0314. The summed E-state index contributed by atoms with van der Waals surface area (Å²) >= 11 is 1.72. The highest BCUT2D eigenvalue weighted by Gasteiger charge is 2.24. The molecule has 0 aliphatic carbocycles. The monoisotopic (exact) mass is 221 g/mol. The Morgan fingerprint density at radius 1 is 1.60 bits per heavy atom. The molecular formula is C12H15NOS. The molecule has 1 fully saturated rings. The Hall–Kier alpha value is -0.850. The van der Waals surface area contributed by atoms with Gasteiger partial charge in [0.05, 0.1) is 18.1 Å². The Morgan fingerprint density at radius 2 is 2.53 bits per heavy atom. The molecule has 2 unspecified atom stereocenters. The van der Waals surface area contributed by atoms with Gasteiger partial charge in [-0.05, 0) is 30.7 Å². The lowest BCUT2D eigenvalue weighted by Crippen LogP contribution is -2.28. The van der Waals surface area contributed by atoms with Gasteiger partial charge >= 0.3 is 0 Å². The molecule has 0 spiro atoms. The summed E-state index contributed by atoms with van der Waals surface area (Å²) in [5, 5.41) is 11.2. The average Bonchev–Trinajstić information content (AvgIpc) is 2.80. The predicted octanol–water partition coefficient (Wildman–Crippen LogP) is 3.00. The van der Waals surface area contributed by atoms with Crippen LogP contribution in [0.3, 0.4) is 0 Å². The first-order chi connectivity index (χ1) is 7.40. The van der Waals surface area contributed by atoms with Crippen LogP contribution >= 0.6 is 11.3 Å². The standard InChI is InChI=1S/C12H15NOS/c13-9-10(8-11-4-3-7-15-11)12-5-1-2-6-14-12/h3-4,7,10,12H,1-2,5-6,8H2. The molecule has 2 rings (SSSR count). The minimum atomic E-state index is 0.0314. The number of hydrogen-bond donors (Lipinski definition) is 0. The van der Waals surface area contributed by atoms with E-state index in [1.165, 1.54) is 11.3 Å². The third-order valence-corrected chi connectivity index (χ3v) is 3.73. The van der Waals surface area contributed by atoms with Crippen LogP contribution < -0.4 is 0 Å². The summed E-state index contributed by atoms with van der Waals surface area (Å²) in [4.78, 5) is 1.29. The van der Waals surface area contributed by atoms with Crippen molar-refractivity contribution >= 4 is 11.3 Å². The van der Waals surface area contributed by atoms with Crippen molar-refractivity contribution in [2.24, 2.45) is 5.92 Å². The fourth-order valence-electron chi connectivity index (χ4n) is 1.99. The molecular weight excluding hydrogens is 206 g/mol. The van der Waals surface area contributed by atoms with Crippen LogP contribution in [0.5, 0.6) is 0 Å². The van der Waals surface area contributed by atoms with Crippen molar-refractivity contribution in [2.45, 2.75) is 31.8 Å². The van der Waals surface area contributed by atoms with Gasteiger partial charge in [-0.25, -0.2) is 0 Å². The van der Waals surface area contributed by atoms with Crippen LogP contribution in [-0.4, -0.2) is 12.7 Å². The van der Waals surface area contributed by atoms with Crippen molar-refractivity contribution in [3.05, 3.63) is 22.4 Å². The third kappa shape index (κ3) is 2.80. The van der Waals surface area contributed by atoms with Crippen LogP contribution in [0, 0.1) is 17.2 Å². The summed E-state index contributed by atoms with van der Waals surface area (Å²) in [6.45, 7) is 0.827. The van der Waals surface area contributed by atoms with Crippen LogP contribution in [0.25, 0.3) is 0 Å². The van der Waals surface area contributed by atoms with Gasteiger partial charge in [0.1, 0.15) is 0 Å². The van der Waals surface area contributed by atoms with Gasteiger partial charge in [-0.15, -0.1) is 11.3 Å². The number of thiophene rings is 1. The van der Waals surface area contributed by atoms with Crippen LogP contribution in [0.1, 0.15) is 24.1 Å². The molecule has 80 valence electrons. The number of hydrogen-bond acceptors (Lipinski definition) is 3. The van der Waals surface area contributed by atoms with Crippen LogP contribution in [0.15, 0.2) is 17.5 Å². The van der Waals surface area contributed by atoms with Crippen molar-refractivity contribution < 1.29 is 4.74 Å². The number of rotatable bonds is 3. The van der Waals surface area contributed by atoms with Crippen LogP contribution in [0.2, 0.25) is 0 Å². The highest BCUT2D eigenvalue weighted by Crippen LogP contribution is 2.24. The van der Waals surface area contributed by atoms with E-state index < -0.39 is 0 Å². The van der Waals surface area contributed by atoms with Crippen molar-refractivity contribution in [1.29, 1.82) is 5.26 Å². The maximum Gasteiger partial charge on any atom is 0.0773 e. The molecule has 1 aromatic heterocycles. The molecule has 2 atom stereocenters. The fourth-order valence-corrected chi connectivity index (χ4v) is 2.75. The number of ether oxygens (including phenoxy) is 1. The van der Waals surface area contributed by atoms with E-state index in [4.69, 9.17) is 10.00 Å². The molecule has 1 aromatic rings. The summed E-state index contributed by atoms with van der Waals surface area (Å²) in [5.74, 6) is 0.0314. The highest BCUT2D eigenvalue weighted by atomic mass is 32.1. The molecule has 0 aromatic carbocycles. The fraction of sp³-hybridized carbons (Fsp3) is 0.583. The van der Waals surface area contributed by atoms with E-state index in [-0.39, 0.29) is 12.0 Å². The molecule has 3 heteroatoms. The molecule has 15 heavy (non-hydrogen) atoms. The second kappa shape index (κ2) is 5.29. The second-order valence-electron chi connectivity index (χ2n) is 3.92. The zero-order valence-electron chi connectivity index (χ0n) is 8.69. The van der Waals surface area contributed by atoms with Gasteiger partial charge in [-0.1, -0.05) is 6.07 Å². The Labute approximate surface area is 94.5 Å². The van der Waals surface area contributed by atoms with E-state index in [0.29, 0.717) is 0 Å². The quantitative estimate of drug-likeness (QED) is 0.786. The van der Waals surface area contributed by atoms with E-state index >= 15 is 0 Å². The molecule has 1 aliphatic rings. The van der Waals surface area contributed by atoms with Gasteiger partial charge in [-0.2, -0.15) is 5.26 Å². The molecule has 0 amide bonds. The maximum absolute atomic E-state index is 9.15. The highest BCUT2D eigenvalue weighted by molar-refractivity contribution is 7.09. The Kier molecular flexibility index (Phi) is 3.76. The van der Waals surface area contributed by atoms with Crippen LogP contribution in [0.4, 0.5) is 0 Å². The number of nitrogens with zero attached hydrogens (tertiary/aromatic N) is 1. The molecule has 1 saturated heterocycles. The van der Waals surface area contributed by atoms with E-state index in [1.54, 1.807) is 11.3 Å². The summed E-state index contributed by atoms with van der Waals surface area (Å²) in [6, 6.07) is 6.52. The Bertz CT molecular complexity index is 322. The molecule has 1 aliphatic heterocycles. The van der Waals surface area contributed by atoms with Crippen molar-refractivity contribution in [3.63, 3.8) is 0 Å². The Balaban J connectivity index is 1.95.